The molecule has 2 aromatic heterocycles. The van der Waals surface area contributed by atoms with Crippen molar-refractivity contribution in [3.8, 4) is 11.5 Å². The van der Waals surface area contributed by atoms with Gasteiger partial charge >= 0.3 is 0 Å². The lowest BCUT2D eigenvalue weighted by Gasteiger charge is -2.12. The van der Waals surface area contributed by atoms with Crippen LogP contribution < -0.4 is 5.32 Å². The molecule has 0 radical (unpaired) electrons. The average molecular weight is 247 g/mol. The summed E-state index contributed by atoms with van der Waals surface area (Å²) in [5, 5.41) is 7.29. The van der Waals surface area contributed by atoms with Crippen molar-refractivity contribution in [3.05, 3.63) is 24.5 Å². The van der Waals surface area contributed by atoms with Gasteiger partial charge < -0.3 is 9.84 Å². The second kappa shape index (κ2) is 6.20. The molecule has 0 bridgehead atoms. The zero-order chi connectivity index (χ0) is 12.8. The summed E-state index contributed by atoms with van der Waals surface area (Å²) in [6.45, 7) is 5.15. The zero-order valence-corrected chi connectivity index (χ0v) is 10.6. The van der Waals surface area contributed by atoms with Gasteiger partial charge in [-0.2, -0.15) is 4.98 Å². The molecule has 0 amide bonds. The summed E-state index contributed by atoms with van der Waals surface area (Å²) in [4.78, 5) is 12.4. The molecule has 1 atom stereocenters. The van der Waals surface area contributed by atoms with Gasteiger partial charge in [0.15, 0.2) is 0 Å². The highest BCUT2D eigenvalue weighted by Crippen LogP contribution is 2.12. The number of hydrogen-bond acceptors (Lipinski definition) is 6. The molecule has 0 saturated heterocycles. The number of hydrogen-bond donors (Lipinski definition) is 1. The number of nitrogens with one attached hydrogen (secondary N) is 1. The van der Waals surface area contributed by atoms with Crippen LogP contribution in [0.4, 0.5) is 0 Å². The second-order valence-corrected chi connectivity index (χ2v) is 3.97. The summed E-state index contributed by atoms with van der Waals surface area (Å²) in [5.74, 6) is 1.12. The molecular formula is C12H17N5O. The van der Waals surface area contributed by atoms with Gasteiger partial charge in [-0.3, -0.25) is 4.98 Å². The Hall–Kier alpha value is -1.82. The van der Waals surface area contributed by atoms with Gasteiger partial charge in [-0.05, 0) is 13.0 Å². The lowest BCUT2D eigenvalue weighted by Crippen LogP contribution is -2.30. The fraction of sp³-hybridized carbons (Fsp3) is 0.500. The second-order valence-electron chi connectivity index (χ2n) is 3.97. The molecular weight excluding hydrogens is 230 g/mol. The zero-order valence-electron chi connectivity index (χ0n) is 10.6. The summed E-state index contributed by atoms with van der Waals surface area (Å²) >= 11 is 0. The van der Waals surface area contributed by atoms with Gasteiger partial charge in [0.1, 0.15) is 5.69 Å². The maximum absolute atomic E-state index is 5.23. The highest BCUT2D eigenvalue weighted by atomic mass is 16.5. The van der Waals surface area contributed by atoms with E-state index in [1.807, 2.05) is 0 Å². The number of rotatable bonds is 6. The lowest BCUT2D eigenvalue weighted by atomic mass is 10.1. The third-order valence-electron chi connectivity index (χ3n) is 2.67. The van der Waals surface area contributed by atoms with Gasteiger partial charge in [-0.15, -0.1) is 0 Å². The normalized spacial score (nSPS) is 12.6. The van der Waals surface area contributed by atoms with Gasteiger partial charge in [-0.1, -0.05) is 19.0 Å². The maximum atomic E-state index is 5.23. The van der Waals surface area contributed by atoms with E-state index in [1.165, 1.54) is 0 Å². The van der Waals surface area contributed by atoms with Crippen LogP contribution in [0.15, 0.2) is 23.1 Å². The molecule has 2 aromatic rings. The Balaban J connectivity index is 2.06. The van der Waals surface area contributed by atoms with Crippen LogP contribution in [0.1, 0.15) is 26.2 Å². The summed E-state index contributed by atoms with van der Waals surface area (Å²) in [6.07, 6.45) is 6.60. The molecule has 0 aliphatic heterocycles. The van der Waals surface area contributed by atoms with Crippen LogP contribution in [0.5, 0.6) is 0 Å². The highest BCUT2D eigenvalue weighted by Gasteiger charge is 2.13. The van der Waals surface area contributed by atoms with Gasteiger partial charge in [0, 0.05) is 24.9 Å². The third kappa shape index (κ3) is 3.10. The molecule has 1 unspecified atom stereocenters. The van der Waals surface area contributed by atoms with E-state index >= 15 is 0 Å². The molecule has 0 aliphatic carbocycles. The fourth-order valence-electron chi connectivity index (χ4n) is 1.72. The minimum absolute atomic E-state index is 0.366. The Morgan fingerprint density at radius 1 is 1.33 bits per heavy atom. The molecule has 2 heterocycles. The standard InChI is InChI=1S/C12H17N5O/c1-3-9(14-4-2)7-11-16-12(17-18-11)10-8-13-5-6-15-10/h5-6,8-9,14H,3-4,7H2,1-2H3. The van der Waals surface area contributed by atoms with E-state index in [9.17, 15) is 0 Å². The monoisotopic (exact) mass is 247 g/mol. The maximum Gasteiger partial charge on any atom is 0.228 e. The van der Waals surface area contributed by atoms with Crippen LogP contribution in [-0.4, -0.2) is 32.7 Å². The van der Waals surface area contributed by atoms with Crippen molar-refractivity contribution in [3.63, 3.8) is 0 Å². The van der Waals surface area contributed by atoms with Crippen LogP contribution in [0.25, 0.3) is 11.5 Å². The third-order valence-corrected chi connectivity index (χ3v) is 2.67. The SMILES string of the molecule is CCNC(CC)Cc1nc(-c2cnccn2)no1. The molecule has 1 N–H and O–H groups in total. The van der Waals surface area contributed by atoms with E-state index in [4.69, 9.17) is 4.52 Å². The van der Waals surface area contributed by atoms with E-state index < -0.39 is 0 Å². The van der Waals surface area contributed by atoms with Crippen LogP contribution in [-0.2, 0) is 6.42 Å². The van der Waals surface area contributed by atoms with Gasteiger partial charge in [0.2, 0.25) is 11.7 Å². The Kier molecular flexibility index (Phi) is 4.35. The lowest BCUT2D eigenvalue weighted by molar-refractivity contribution is 0.355. The van der Waals surface area contributed by atoms with Crippen LogP contribution in [0.3, 0.4) is 0 Å². The van der Waals surface area contributed by atoms with E-state index in [0.29, 0.717) is 23.5 Å². The highest BCUT2D eigenvalue weighted by molar-refractivity contribution is 5.45. The molecule has 0 fully saturated rings. The molecule has 0 spiro atoms. The number of nitrogens with zero attached hydrogens (tertiary/aromatic N) is 4. The molecule has 2 rings (SSSR count). The first kappa shape index (κ1) is 12.6. The minimum Gasteiger partial charge on any atom is -0.339 e. The number of aromatic nitrogens is 4. The van der Waals surface area contributed by atoms with Crippen molar-refractivity contribution in [2.75, 3.05) is 6.54 Å². The summed E-state index contributed by atoms with van der Waals surface area (Å²) in [5.41, 5.74) is 0.629. The Labute approximate surface area is 106 Å². The van der Waals surface area contributed by atoms with Crippen LogP contribution in [0, 0.1) is 0 Å². The summed E-state index contributed by atoms with van der Waals surface area (Å²) in [7, 11) is 0. The largest absolute Gasteiger partial charge is 0.339 e. The van der Waals surface area contributed by atoms with Crippen molar-refractivity contribution in [2.45, 2.75) is 32.7 Å². The average Bonchev–Trinajstić information content (AvgIpc) is 2.88. The van der Waals surface area contributed by atoms with Crippen molar-refractivity contribution < 1.29 is 4.52 Å². The van der Waals surface area contributed by atoms with Crippen molar-refractivity contribution >= 4 is 0 Å². The Morgan fingerprint density at radius 3 is 2.89 bits per heavy atom. The molecule has 6 nitrogen and oxygen atoms in total. The minimum atomic E-state index is 0.366. The van der Waals surface area contributed by atoms with Crippen molar-refractivity contribution in [1.29, 1.82) is 0 Å². The van der Waals surface area contributed by atoms with Gasteiger partial charge in [0.25, 0.3) is 0 Å². The van der Waals surface area contributed by atoms with E-state index in [1.54, 1.807) is 18.6 Å². The van der Waals surface area contributed by atoms with Crippen molar-refractivity contribution in [1.82, 2.24) is 25.4 Å². The molecule has 96 valence electrons. The molecule has 0 aliphatic rings. The van der Waals surface area contributed by atoms with Gasteiger partial charge in [-0.25, -0.2) is 4.98 Å². The summed E-state index contributed by atoms with van der Waals surface area (Å²) < 4.78 is 5.23. The first-order valence-corrected chi connectivity index (χ1v) is 6.15. The topological polar surface area (TPSA) is 76.7 Å². The van der Waals surface area contributed by atoms with E-state index in [-0.39, 0.29) is 0 Å². The number of likely N-dealkylation sites (N-methyl/N-ethyl adjacent to an activating group) is 1. The van der Waals surface area contributed by atoms with Gasteiger partial charge in [0.05, 0.1) is 6.20 Å². The molecule has 0 aromatic carbocycles. The van der Waals surface area contributed by atoms with Crippen LogP contribution >= 0.6 is 0 Å². The van der Waals surface area contributed by atoms with E-state index in [0.717, 1.165) is 19.4 Å². The smallest absolute Gasteiger partial charge is 0.228 e. The van der Waals surface area contributed by atoms with E-state index in [2.05, 4.69) is 39.3 Å². The fourth-order valence-corrected chi connectivity index (χ4v) is 1.72. The Morgan fingerprint density at radius 2 is 2.22 bits per heavy atom. The van der Waals surface area contributed by atoms with Crippen LogP contribution in [0.2, 0.25) is 0 Å². The molecule has 0 saturated carbocycles. The Bertz CT molecular complexity index is 470. The summed E-state index contributed by atoms with van der Waals surface area (Å²) in [6, 6.07) is 0.366. The first-order valence-electron chi connectivity index (χ1n) is 6.15. The quantitative estimate of drug-likeness (QED) is 0.832. The predicted octanol–water partition coefficient (Wildman–Crippen LogP) is 1.46. The first-order chi connectivity index (χ1) is 8.83. The predicted molar refractivity (Wildman–Crippen MR) is 66.8 cm³/mol. The van der Waals surface area contributed by atoms with Crippen molar-refractivity contribution in [2.24, 2.45) is 0 Å². The molecule has 6 heteroatoms. The molecule has 18 heavy (non-hydrogen) atoms.